The zero-order chi connectivity index (χ0) is 15.9. The van der Waals surface area contributed by atoms with Crippen LogP contribution in [0.5, 0.6) is 0 Å². The number of fused-ring (bicyclic) bond motifs is 1. The molecule has 2 heterocycles. The third kappa shape index (κ3) is 4.54. The van der Waals surface area contributed by atoms with Crippen molar-refractivity contribution in [1.29, 1.82) is 0 Å². The van der Waals surface area contributed by atoms with Crippen molar-refractivity contribution in [2.75, 3.05) is 12.3 Å². The number of carboxylic acid groups (broad SMARTS) is 1. The Kier molecular flexibility index (Phi) is 6.86. The van der Waals surface area contributed by atoms with Crippen molar-refractivity contribution < 1.29 is 14.7 Å². The Hall–Kier alpha value is -0.910. The molecule has 3 atom stereocenters. The molecule has 0 aliphatic carbocycles. The van der Waals surface area contributed by atoms with Crippen molar-refractivity contribution in [3.8, 4) is 0 Å². The van der Waals surface area contributed by atoms with Crippen LogP contribution < -0.4 is 5.32 Å². The number of hydrogen-bond acceptors (Lipinski definition) is 3. The molecule has 0 aromatic carbocycles. The van der Waals surface area contributed by atoms with E-state index >= 15 is 0 Å². The molecular weight excluding hydrogens is 300 g/mol. The summed E-state index contributed by atoms with van der Waals surface area (Å²) >= 11 is 1.94. The number of amides is 2. The number of carbonyl (C=O) groups is 2. The van der Waals surface area contributed by atoms with Crippen molar-refractivity contribution in [3.05, 3.63) is 0 Å². The van der Waals surface area contributed by atoms with Crippen LogP contribution in [0.25, 0.3) is 0 Å². The Morgan fingerprint density at radius 3 is 2.86 bits per heavy atom. The van der Waals surface area contributed by atoms with E-state index in [2.05, 4.69) is 12.2 Å². The van der Waals surface area contributed by atoms with Crippen molar-refractivity contribution in [2.45, 2.75) is 75.6 Å². The third-order valence-corrected chi connectivity index (χ3v) is 6.09. The Morgan fingerprint density at radius 2 is 2.14 bits per heavy atom. The predicted octanol–water partition coefficient (Wildman–Crippen LogP) is 3.09. The lowest BCUT2D eigenvalue weighted by Crippen LogP contribution is -2.41. The molecule has 2 N–H and O–H groups in total. The summed E-state index contributed by atoms with van der Waals surface area (Å²) in [5.74, 6) is 0.276. The molecule has 2 rings (SSSR count). The fourth-order valence-electron chi connectivity index (χ4n) is 3.44. The first-order valence-corrected chi connectivity index (χ1v) is 9.59. The molecule has 22 heavy (non-hydrogen) atoms. The van der Waals surface area contributed by atoms with Crippen LogP contribution in [-0.2, 0) is 4.79 Å². The van der Waals surface area contributed by atoms with Crippen molar-refractivity contribution in [2.24, 2.45) is 0 Å². The highest BCUT2D eigenvalue weighted by Crippen LogP contribution is 2.37. The maximum absolute atomic E-state index is 12.1. The van der Waals surface area contributed by atoms with E-state index in [4.69, 9.17) is 5.11 Å². The SMILES string of the molecule is CCCCCCN1C(=O)NC2CS[C@@H](CCCCC(=O)O)C21. The molecule has 0 bridgehead atoms. The largest absolute Gasteiger partial charge is 0.481 e. The van der Waals surface area contributed by atoms with E-state index in [0.29, 0.717) is 11.3 Å². The average molecular weight is 328 g/mol. The molecular formula is C16H28N2O3S. The van der Waals surface area contributed by atoms with E-state index < -0.39 is 5.97 Å². The Morgan fingerprint density at radius 1 is 1.32 bits per heavy atom. The number of urea groups is 1. The molecule has 2 aliphatic heterocycles. The minimum atomic E-state index is -0.716. The Balaban J connectivity index is 1.80. The summed E-state index contributed by atoms with van der Waals surface area (Å²) in [6.07, 6.45) is 7.65. The standard InChI is InChI=1S/C16H28N2O3S/c1-2-3-4-7-10-18-15-12(17-16(18)21)11-22-13(15)8-5-6-9-14(19)20/h12-13,15H,2-11H2,1H3,(H,17,21)(H,19,20)/t12?,13-,15?/m0/s1. The number of hydrogen-bond donors (Lipinski definition) is 2. The van der Waals surface area contributed by atoms with Crippen LogP contribution in [0, 0.1) is 0 Å². The minimum absolute atomic E-state index is 0.0994. The number of nitrogens with one attached hydrogen (secondary N) is 1. The van der Waals surface area contributed by atoms with Crippen LogP contribution in [0.4, 0.5) is 4.79 Å². The third-order valence-electron chi connectivity index (χ3n) is 4.59. The van der Waals surface area contributed by atoms with Gasteiger partial charge in [-0.05, 0) is 19.3 Å². The summed E-state index contributed by atoms with van der Waals surface area (Å²) in [4.78, 5) is 24.8. The first-order chi connectivity index (χ1) is 10.6. The van der Waals surface area contributed by atoms with Gasteiger partial charge in [-0.2, -0.15) is 11.8 Å². The number of carboxylic acids is 1. The van der Waals surface area contributed by atoms with Gasteiger partial charge in [0, 0.05) is 24.0 Å². The fourth-order valence-corrected chi connectivity index (χ4v) is 5.04. The van der Waals surface area contributed by atoms with Gasteiger partial charge in [0.05, 0.1) is 12.1 Å². The molecule has 0 saturated carbocycles. The van der Waals surface area contributed by atoms with E-state index in [9.17, 15) is 9.59 Å². The van der Waals surface area contributed by atoms with Crippen LogP contribution >= 0.6 is 11.8 Å². The van der Waals surface area contributed by atoms with Gasteiger partial charge in [0.15, 0.2) is 0 Å². The summed E-state index contributed by atoms with van der Waals surface area (Å²) in [5.41, 5.74) is 0. The number of carbonyl (C=O) groups excluding carboxylic acids is 1. The second kappa shape index (κ2) is 8.65. The first kappa shape index (κ1) is 17.4. The summed E-state index contributed by atoms with van der Waals surface area (Å²) in [6, 6.07) is 0.694. The van der Waals surface area contributed by atoms with Gasteiger partial charge in [-0.25, -0.2) is 4.79 Å². The fraction of sp³-hybridized carbons (Fsp3) is 0.875. The molecule has 0 aromatic heterocycles. The van der Waals surface area contributed by atoms with Crippen LogP contribution in [0.15, 0.2) is 0 Å². The van der Waals surface area contributed by atoms with Crippen molar-refractivity contribution in [3.63, 3.8) is 0 Å². The minimum Gasteiger partial charge on any atom is -0.481 e. The highest BCUT2D eigenvalue weighted by atomic mass is 32.2. The summed E-state index contributed by atoms with van der Waals surface area (Å²) in [5, 5.41) is 12.3. The maximum atomic E-state index is 12.1. The first-order valence-electron chi connectivity index (χ1n) is 8.54. The van der Waals surface area contributed by atoms with Crippen molar-refractivity contribution >= 4 is 23.8 Å². The topological polar surface area (TPSA) is 69.6 Å². The van der Waals surface area contributed by atoms with E-state index in [-0.39, 0.29) is 18.5 Å². The smallest absolute Gasteiger partial charge is 0.318 e. The average Bonchev–Trinajstić information content (AvgIpc) is 2.99. The van der Waals surface area contributed by atoms with Gasteiger partial charge >= 0.3 is 12.0 Å². The zero-order valence-electron chi connectivity index (χ0n) is 13.4. The van der Waals surface area contributed by atoms with E-state index in [0.717, 1.165) is 38.0 Å². The lowest BCUT2D eigenvalue weighted by molar-refractivity contribution is -0.137. The zero-order valence-corrected chi connectivity index (χ0v) is 14.2. The second-order valence-corrected chi connectivity index (χ2v) is 7.58. The van der Waals surface area contributed by atoms with Gasteiger partial charge < -0.3 is 15.3 Å². The Bertz CT molecular complexity index is 392. The van der Waals surface area contributed by atoms with E-state index in [1.165, 1.54) is 19.3 Å². The monoisotopic (exact) mass is 328 g/mol. The number of aliphatic carboxylic acids is 1. The van der Waals surface area contributed by atoms with Crippen molar-refractivity contribution in [1.82, 2.24) is 10.2 Å². The van der Waals surface area contributed by atoms with Crippen LogP contribution in [0.1, 0.15) is 58.3 Å². The maximum Gasteiger partial charge on any atom is 0.318 e. The number of rotatable bonds is 10. The molecule has 2 saturated heterocycles. The van der Waals surface area contributed by atoms with Gasteiger partial charge in [-0.1, -0.05) is 32.6 Å². The molecule has 126 valence electrons. The van der Waals surface area contributed by atoms with Crippen LogP contribution in [-0.4, -0.2) is 51.6 Å². The second-order valence-electron chi connectivity index (χ2n) is 6.31. The molecule has 2 fully saturated rings. The van der Waals surface area contributed by atoms with Gasteiger partial charge in [-0.3, -0.25) is 4.79 Å². The number of thioether (sulfide) groups is 1. The lowest BCUT2D eigenvalue weighted by Gasteiger charge is -2.27. The van der Waals surface area contributed by atoms with Gasteiger partial charge in [0.25, 0.3) is 0 Å². The normalized spacial score (nSPS) is 27.0. The van der Waals surface area contributed by atoms with E-state index in [1.807, 2.05) is 16.7 Å². The predicted molar refractivity (Wildman–Crippen MR) is 89.3 cm³/mol. The lowest BCUT2D eigenvalue weighted by atomic mass is 10.0. The number of nitrogens with zero attached hydrogens (tertiary/aromatic N) is 1. The summed E-state index contributed by atoms with van der Waals surface area (Å²) < 4.78 is 0. The molecule has 2 aliphatic rings. The number of unbranched alkanes of at least 4 members (excludes halogenated alkanes) is 4. The molecule has 0 aromatic rings. The molecule has 2 amide bonds. The Labute approximate surface area is 137 Å². The molecule has 5 nitrogen and oxygen atoms in total. The van der Waals surface area contributed by atoms with Gasteiger partial charge in [0.1, 0.15) is 0 Å². The summed E-state index contributed by atoms with van der Waals surface area (Å²) in [6.45, 7) is 3.05. The summed E-state index contributed by atoms with van der Waals surface area (Å²) in [7, 11) is 0. The van der Waals surface area contributed by atoms with Crippen LogP contribution in [0.2, 0.25) is 0 Å². The van der Waals surface area contributed by atoms with E-state index in [1.54, 1.807) is 0 Å². The van der Waals surface area contributed by atoms with Gasteiger partial charge in [-0.15, -0.1) is 0 Å². The molecule has 6 heteroatoms. The molecule has 0 radical (unpaired) electrons. The molecule has 2 unspecified atom stereocenters. The van der Waals surface area contributed by atoms with Crippen LogP contribution in [0.3, 0.4) is 0 Å². The van der Waals surface area contributed by atoms with Gasteiger partial charge in [0.2, 0.25) is 0 Å². The highest BCUT2D eigenvalue weighted by Gasteiger charge is 2.47. The molecule has 0 spiro atoms. The highest BCUT2D eigenvalue weighted by molar-refractivity contribution is 8.00. The quantitative estimate of drug-likeness (QED) is 0.477.